The third-order valence-corrected chi connectivity index (χ3v) is 8.33. The molecule has 3 atom stereocenters. The first-order chi connectivity index (χ1) is 18.1. The van der Waals surface area contributed by atoms with Gasteiger partial charge in [-0.25, -0.2) is 9.07 Å². The molecule has 0 unspecified atom stereocenters. The zero-order valence-corrected chi connectivity index (χ0v) is 20.5. The van der Waals surface area contributed by atoms with Gasteiger partial charge in [-0.3, -0.25) is 4.79 Å². The standard InChI is InChI=1S/C32H26FN3O/c1-21-16-29-24(18-34-36(29)26-14-12-25(33)13-15-26)17-27(21)32-20-35(31(37)23-10-6-3-7-11-23)19-28(32)30(32)22-8-4-2-5-9-22/h2-18,28,30H,19-20H2,1H3/t28-,30-,32+/m1/s1. The van der Waals surface area contributed by atoms with Crippen LogP contribution in [0.4, 0.5) is 4.39 Å². The van der Waals surface area contributed by atoms with Gasteiger partial charge in [-0.2, -0.15) is 5.10 Å². The van der Waals surface area contributed by atoms with Crippen LogP contribution in [0.5, 0.6) is 0 Å². The summed E-state index contributed by atoms with van der Waals surface area (Å²) in [5.41, 5.74) is 6.25. The van der Waals surface area contributed by atoms with Crippen LogP contribution in [0.2, 0.25) is 0 Å². The Morgan fingerprint density at radius 2 is 1.65 bits per heavy atom. The number of hydrogen-bond acceptors (Lipinski definition) is 2. The number of benzene rings is 4. The van der Waals surface area contributed by atoms with Crippen LogP contribution in [0.25, 0.3) is 16.6 Å². The highest BCUT2D eigenvalue weighted by atomic mass is 19.1. The van der Waals surface area contributed by atoms with E-state index in [9.17, 15) is 9.18 Å². The molecule has 1 aliphatic carbocycles. The third kappa shape index (κ3) is 3.34. The van der Waals surface area contributed by atoms with Gasteiger partial charge in [0.2, 0.25) is 0 Å². The van der Waals surface area contributed by atoms with Crippen LogP contribution in [0.15, 0.2) is 103 Å². The Labute approximate surface area is 215 Å². The Hall–Kier alpha value is -4.25. The van der Waals surface area contributed by atoms with Gasteiger partial charge in [0.25, 0.3) is 5.91 Å². The lowest BCUT2D eigenvalue weighted by Crippen LogP contribution is -2.34. The van der Waals surface area contributed by atoms with E-state index < -0.39 is 0 Å². The summed E-state index contributed by atoms with van der Waals surface area (Å²) in [6, 6.07) is 31.1. The van der Waals surface area contributed by atoms with Crippen LogP contribution in [-0.2, 0) is 5.41 Å². The molecule has 1 aliphatic heterocycles. The van der Waals surface area contributed by atoms with Crippen molar-refractivity contribution >= 4 is 16.8 Å². The van der Waals surface area contributed by atoms with E-state index in [1.54, 1.807) is 12.1 Å². The topological polar surface area (TPSA) is 38.1 Å². The van der Waals surface area contributed by atoms with E-state index in [1.165, 1.54) is 28.8 Å². The van der Waals surface area contributed by atoms with E-state index in [0.717, 1.165) is 28.7 Å². The van der Waals surface area contributed by atoms with Crippen molar-refractivity contribution in [2.24, 2.45) is 5.92 Å². The zero-order chi connectivity index (χ0) is 25.1. The number of rotatable bonds is 4. The second-order valence-corrected chi connectivity index (χ2v) is 10.3. The Morgan fingerprint density at radius 1 is 0.946 bits per heavy atom. The maximum absolute atomic E-state index is 13.5. The van der Waals surface area contributed by atoms with Crippen LogP contribution < -0.4 is 0 Å². The van der Waals surface area contributed by atoms with Gasteiger partial charge < -0.3 is 4.90 Å². The van der Waals surface area contributed by atoms with E-state index >= 15 is 0 Å². The number of carbonyl (C=O) groups is 1. The molecule has 2 fully saturated rings. The van der Waals surface area contributed by atoms with Gasteiger partial charge in [-0.15, -0.1) is 0 Å². The summed E-state index contributed by atoms with van der Waals surface area (Å²) in [4.78, 5) is 15.4. The highest BCUT2D eigenvalue weighted by Gasteiger charge is 2.70. The minimum absolute atomic E-state index is 0.0989. The first kappa shape index (κ1) is 22.0. The van der Waals surface area contributed by atoms with Gasteiger partial charge in [-0.05, 0) is 78.1 Å². The minimum Gasteiger partial charge on any atom is -0.337 e. The molecule has 0 N–H and O–H groups in total. The number of nitrogens with zero attached hydrogens (tertiary/aromatic N) is 3. The summed E-state index contributed by atoms with van der Waals surface area (Å²) < 4.78 is 15.4. The van der Waals surface area contributed by atoms with Crippen molar-refractivity contribution in [2.45, 2.75) is 18.3 Å². The van der Waals surface area contributed by atoms with Gasteiger partial charge in [-0.1, -0.05) is 48.5 Å². The first-order valence-corrected chi connectivity index (χ1v) is 12.7. The molecule has 37 heavy (non-hydrogen) atoms. The Balaban J connectivity index is 1.31. The molecule has 4 nitrogen and oxygen atoms in total. The molecule has 1 saturated heterocycles. The fraction of sp³-hybridized carbons (Fsp3) is 0.188. The number of piperidine rings is 1. The first-order valence-electron chi connectivity index (χ1n) is 12.7. The number of hydrogen-bond donors (Lipinski definition) is 0. The maximum atomic E-state index is 13.5. The largest absolute Gasteiger partial charge is 0.337 e. The summed E-state index contributed by atoms with van der Waals surface area (Å²) in [6.07, 6.45) is 1.88. The molecule has 5 heteroatoms. The van der Waals surface area contributed by atoms with Gasteiger partial charge in [0.05, 0.1) is 17.4 Å². The fourth-order valence-electron chi connectivity index (χ4n) is 6.65. The molecule has 182 valence electrons. The number of aryl methyl sites for hydroxylation is 1. The van der Waals surface area contributed by atoms with Crippen LogP contribution >= 0.6 is 0 Å². The maximum Gasteiger partial charge on any atom is 0.253 e. The van der Waals surface area contributed by atoms with Crippen molar-refractivity contribution < 1.29 is 9.18 Å². The second-order valence-electron chi connectivity index (χ2n) is 10.3. The number of amides is 1. The van der Waals surface area contributed by atoms with E-state index in [2.05, 4.69) is 54.5 Å². The smallest absolute Gasteiger partial charge is 0.253 e. The molecule has 0 bridgehead atoms. The molecule has 0 radical (unpaired) electrons. The average Bonchev–Trinajstić information content (AvgIpc) is 3.19. The molecule has 5 aromatic rings. The lowest BCUT2D eigenvalue weighted by Gasteiger charge is -2.26. The van der Waals surface area contributed by atoms with E-state index in [1.807, 2.05) is 46.1 Å². The van der Waals surface area contributed by atoms with Crippen molar-refractivity contribution in [1.82, 2.24) is 14.7 Å². The lowest BCUT2D eigenvalue weighted by atomic mass is 9.86. The van der Waals surface area contributed by atoms with Gasteiger partial charge in [0, 0.05) is 35.4 Å². The molecule has 2 aliphatic rings. The van der Waals surface area contributed by atoms with Crippen LogP contribution in [0.1, 0.15) is 33.0 Å². The number of carbonyl (C=O) groups excluding carboxylic acids is 1. The SMILES string of the molecule is Cc1cc2c(cnn2-c2ccc(F)cc2)cc1[C@@]12CN(C(=O)c3ccccc3)C[C@@H]1[C@H]2c1ccccc1. The number of fused-ring (bicyclic) bond motifs is 2. The fourth-order valence-corrected chi connectivity index (χ4v) is 6.65. The van der Waals surface area contributed by atoms with Crippen molar-refractivity contribution in [3.8, 4) is 5.69 Å². The minimum atomic E-state index is -0.264. The monoisotopic (exact) mass is 487 g/mol. The molecular formula is C32H26FN3O. The van der Waals surface area contributed by atoms with Crippen molar-refractivity contribution in [3.05, 3.63) is 131 Å². The molecule has 4 aromatic carbocycles. The Kier molecular flexibility index (Phi) is 4.83. The summed E-state index contributed by atoms with van der Waals surface area (Å²) in [5.74, 6) is 0.574. The molecule has 7 rings (SSSR count). The Morgan fingerprint density at radius 3 is 2.38 bits per heavy atom. The van der Waals surface area contributed by atoms with E-state index in [4.69, 9.17) is 0 Å². The number of aromatic nitrogens is 2. The summed E-state index contributed by atoms with van der Waals surface area (Å²) in [5, 5.41) is 5.68. The molecule has 1 amide bonds. The molecule has 0 spiro atoms. The predicted octanol–water partition coefficient (Wildman–Crippen LogP) is 6.28. The summed E-state index contributed by atoms with van der Waals surface area (Å²) >= 11 is 0. The molecule has 1 saturated carbocycles. The third-order valence-electron chi connectivity index (χ3n) is 8.33. The number of halogens is 1. The molecule has 2 heterocycles. The average molecular weight is 488 g/mol. The highest BCUT2D eigenvalue weighted by molar-refractivity contribution is 5.95. The lowest BCUT2D eigenvalue weighted by molar-refractivity contribution is 0.0769. The van der Waals surface area contributed by atoms with Crippen molar-refractivity contribution in [1.29, 1.82) is 0 Å². The normalized spacial score (nSPS) is 22.3. The second kappa shape index (κ2) is 8.13. The van der Waals surface area contributed by atoms with Crippen LogP contribution in [-0.4, -0.2) is 33.7 Å². The number of likely N-dealkylation sites (tertiary alicyclic amines) is 1. The van der Waals surface area contributed by atoms with E-state index in [-0.39, 0.29) is 17.1 Å². The van der Waals surface area contributed by atoms with Crippen LogP contribution in [0, 0.1) is 18.7 Å². The van der Waals surface area contributed by atoms with Gasteiger partial charge in [0.1, 0.15) is 5.82 Å². The summed E-state index contributed by atoms with van der Waals surface area (Å²) in [7, 11) is 0. The van der Waals surface area contributed by atoms with Crippen molar-refractivity contribution in [3.63, 3.8) is 0 Å². The van der Waals surface area contributed by atoms with E-state index in [0.29, 0.717) is 18.4 Å². The van der Waals surface area contributed by atoms with Gasteiger partial charge >= 0.3 is 0 Å². The van der Waals surface area contributed by atoms with Crippen LogP contribution in [0.3, 0.4) is 0 Å². The Bertz CT molecular complexity index is 1630. The predicted molar refractivity (Wildman–Crippen MR) is 142 cm³/mol. The summed E-state index contributed by atoms with van der Waals surface area (Å²) in [6.45, 7) is 3.60. The quantitative estimate of drug-likeness (QED) is 0.299. The highest BCUT2D eigenvalue weighted by Crippen LogP contribution is 2.69. The van der Waals surface area contributed by atoms with Crippen molar-refractivity contribution in [2.75, 3.05) is 13.1 Å². The zero-order valence-electron chi connectivity index (χ0n) is 20.5. The molecule has 1 aromatic heterocycles. The van der Waals surface area contributed by atoms with Gasteiger partial charge in [0.15, 0.2) is 0 Å². The molecular weight excluding hydrogens is 461 g/mol.